The summed E-state index contributed by atoms with van der Waals surface area (Å²) in [4.78, 5) is 12.1. The smallest absolute Gasteiger partial charge is 0.346 e. The van der Waals surface area contributed by atoms with Gasteiger partial charge in [-0.2, -0.15) is 5.10 Å². The lowest BCUT2D eigenvalue weighted by Crippen LogP contribution is -2.07. The molecule has 0 saturated carbocycles. The van der Waals surface area contributed by atoms with Crippen LogP contribution in [0.3, 0.4) is 0 Å². The molecule has 0 bridgehead atoms. The Balaban J connectivity index is 1.80. The van der Waals surface area contributed by atoms with Crippen molar-refractivity contribution in [1.82, 2.24) is 9.78 Å². The Morgan fingerprint density at radius 1 is 1.05 bits per heavy atom. The summed E-state index contributed by atoms with van der Waals surface area (Å²) in [6.07, 6.45) is 3.08. The predicted molar refractivity (Wildman–Crippen MR) is 80.0 cm³/mol. The number of esters is 1. The molecule has 0 atom stereocenters. The molecule has 0 spiro atoms. The molecule has 1 heterocycles. The van der Waals surface area contributed by atoms with Gasteiger partial charge in [-0.3, -0.25) is 0 Å². The van der Waals surface area contributed by atoms with Crippen LogP contribution in [-0.4, -0.2) is 15.7 Å². The lowest BCUT2D eigenvalue weighted by Gasteiger charge is -2.04. The van der Waals surface area contributed by atoms with Gasteiger partial charge in [0.05, 0.1) is 22.5 Å². The van der Waals surface area contributed by atoms with Crippen molar-refractivity contribution in [3.8, 4) is 11.4 Å². The molecule has 104 valence electrons. The average molecular weight is 299 g/mol. The zero-order valence-electron chi connectivity index (χ0n) is 10.9. The molecule has 0 aliphatic rings. The molecule has 0 unspecified atom stereocenters. The van der Waals surface area contributed by atoms with Gasteiger partial charge in [0.15, 0.2) is 0 Å². The molecule has 0 aliphatic carbocycles. The van der Waals surface area contributed by atoms with Crippen molar-refractivity contribution in [3.05, 3.63) is 77.6 Å². The van der Waals surface area contributed by atoms with Crippen molar-refractivity contribution in [1.29, 1.82) is 0 Å². The Bertz CT molecular complexity index is 769. The number of aromatic nitrogens is 2. The normalized spacial score (nSPS) is 10.3. The fourth-order valence-electron chi connectivity index (χ4n) is 1.84. The van der Waals surface area contributed by atoms with E-state index in [2.05, 4.69) is 5.10 Å². The molecule has 0 radical (unpaired) electrons. The van der Waals surface area contributed by atoms with E-state index in [1.165, 1.54) is 6.20 Å². The maximum atomic E-state index is 12.1. The summed E-state index contributed by atoms with van der Waals surface area (Å²) in [6.45, 7) is 0. The molecule has 0 saturated heterocycles. The number of benzene rings is 2. The maximum Gasteiger partial charge on any atom is 0.346 e. The number of halogens is 1. The van der Waals surface area contributed by atoms with Crippen molar-refractivity contribution in [3.63, 3.8) is 0 Å². The summed E-state index contributed by atoms with van der Waals surface area (Å²) < 4.78 is 6.87. The molecule has 21 heavy (non-hydrogen) atoms. The van der Waals surface area contributed by atoms with Gasteiger partial charge in [0.25, 0.3) is 0 Å². The maximum absolute atomic E-state index is 12.1. The monoisotopic (exact) mass is 298 g/mol. The van der Waals surface area contributed by atoms with Gasteiger partial charge in [0.1, 0.15) is 5.75 Å². The number of ether oxygens (including phenoxy) is 1. The van der Waals surface area contributed by atoms with E-state index in [1.54, 1.807) is 35.1 Å². The molecular weight excluding hydrogens is 288 g/mol. The van der Waals surface area contributed by atoms with Crippen molar-refractivity contribution >= 4 is 17.6 Å². The van der Waals surface area contributed by atoms with Crippen molar-refractivity contribution in [2.24, 2.45) is 0 Å². The van der Waals surface area contributed by atoms with Gasteiger partial charge in [-0.25, -0.2) is 9.48 Å². The van der Waals surface area contributed by atoms with Gasteiger partial charge in [0, 0.05) is 6.20 Å². The first kappa shape index (κ1) is 13.4. The zero-order valence-corrected chi connectivity index (χ0v) is 11.7. The fourth-order valence-corrected chi connectivity index (χ4v) is 2.01. The van der Waals surface area contributed by atoms with Crippen LogP contribution in [0.5, 0.6) is 5.75 Å². The summed E-state index contributed by atoms with van der Waals surface area (Å²) in [7, 11) is 0. The summed E-state index contributed by atoms with van der Waals surface area (Å²) in [6, 6.07) is 16.3. The van der Waals surface area contributed by atoms with Gasteiger partial charge in [0.2, 0.25) is 0 Å². The molecule has 3 rings (SSSR count). The van der Waals surface area contributed by atoms with Crippen molar-refractivity contribution in [2.75, 3.05) is 0 Å². The molecule has 0 N–H and O–H groups in total. The Kier molecular flexibility index (Phi) is 3.71. The van der Waals surface area contributed by atoms with Gasteiger partial charge in [-0.1, -0.05) is 41.9 Å². The molecule has 2 aromatic carbocycles. The van der Waals surface area contributed by atoms with E-state index in [9.17, 15) is 4.79 Å². The molecule has 1 aromatic heterocycles. The van der Waals surface area contributed by atoms with Crippen LogP contribution in [0.25, 0.3) is 5.69 Å². The fraction of sp³-hybridized carbons (Fsp3) is 0. The second kappa shape index (κ2) is 5.81. The van der Waals surface area contributed by atoms with E-state index in [4.69, 9.17) is 16.3 Å². The Hall–Kier alpha value is -2.59. The first-order valence-corrected chi connectivity index (χ1v) is 6.68. The molecule has 0 amide bonds. The average Bonchev–Trinajstić information content (AvgIpc) is 3.00. The summed E-state index contributed by atoms with van der Waals surface area (Å²) >= 11 is 5.96. The minimum absolute atomic E-state index is 0.330. The molecular formula is C16H11ClN2O2. The van der Waals surface area contributed by atoms with E-state index in [0.717, 1.165) is 5.69 Å². The Morgan fingerprint density at radius 2 is 1.76 bits per heavy atom. The number of carbonyl (C=O) groups is 1. The lowest BCUT2D eigenvalue weighted by atomic mass is 10.3. The number of nitrogens with zero attached hydrogens (tertiary/aromatic N) is 2. The number of hydrogen-bond acceptors (Lipinski definition) is 3. The van der Waals surface area contributed by atoms with Crippen LogP contribution in [0.1, 0.15) is 10.4 Å². The molecule has 0 aliphatic heterocycles. The topological polar surface area (TPSA) is 44.1 Å². The first-order valence-electron chi connectivity index (χ1n) is 6.31. The van der Waals surface area contributed by atoms with Crippen LogP contribution in [0, 0.1) is 0 Å². The van der Waals surface area contributed by atoms with Crippen LogP contribution >= 0.6 is 11.6 Å². The summed E-state index contributed by atoms with van der Waals surface area (Å²) in [5.74, 6) is -0.165. The minimum Gasteiger partial charge on any atom is -0.421 e. The SMILES string of the molecule is O=C(Oc1ccccc1Cl)c1cnn(-c2ccccc2)c1. The largest absolute Gasteiger partial charge is 0.421 e. The number of carbonyl (C=O) groups excluding carboxylic acids is 1. The number of para-hydroxylation sites is 2. The van der Waals surface area contributed by atoms with Gasteiger partial charge >= 0.3 is 5.97 Å². The highest BCUT2D eigenvalue weighted by atomic mass is 35.5. The highest BCUT2D eigenvalue weighted by molar-refractivity contribution is 6.32. The van der Waals surface area contributed by atoms with Crippen LogP contribution in [0.2, 0.25) is 5.02 Å². The van der Waals surface area contributed by atoms with E-state index in [-0.39, 0.29) is 0 Å². The van der Waals surface area contributed by atoms with Crippen LogP contribution in [0.15, 0.2) is 67.0 Å². The van der Waals surface area contributed by atoms with Crippen LogP contribution < -0.4 is 4.74 Å². The van der Waals surface area contributed by atoms with E-state index >= 15 is 0 Å². The van der Waals surface area contributed by atoms with Gasteiger partial charge in [-0.15, -0.1) is 0 Å². The predicted octanol–water partition coefficient (Wildman–Crippen LogP) is 3.74. The molecule has 4 nitrogen and oxygen atoms in total. The standard InChI is InChI=1S/C16H11ClN2O2/c17-14-8-4-5-9-15(14)21-16(20)12-10-18-19(11-12)13-6-2-1-3-7-13/h1-11H. The highest BCUT2D eigenvalue weighted by Crippen LogP contribution is 2.24. The minimum atomic E-state index is -0.495. The Morgan fingerprint density at radius 3 is 2.52 bits per heavy atom. The Labute approximate surface area is 126 Å². The highest BCUT2D eigenvalue weighted by Gasteiger charge is 2.13. The number of hydrogen-bond donors (Lipinski definition) is 0. The van der Waals surface area contributed by atoms with Crippen LogP contribution in [-0.2, 0) is 0 Å². The molecule has 5 heteroatoms. The van der Waals surface area contributed by atoms with E-state index in [1.807, 2.05) is 30.3 Å². The van der Waals surface area contributed by atoms with Crippen molar-refractivity contribution < 1.29 is 9.53 Å². The summed E-state index contributed by atoms with van der Waals surface area (Å²) in [5.41, 5.74) is 1.23. The van der Waals surface area contributed by atoms with E-state index < -0.39 is 5.97 Å². The third-order valence-corrected chi connectivity index (χ3v) is 3.19. The van der Waals surface area contributed by atoms with Crippen LogP contribution in [0.4, 0.5) is 0 Å². The quantitative estimate of drug-likeness (QED) is 0.546. The van der Waals surface area contributed by atoms with Crippen molar-refractivity contribution in [2.45, 2.75) is 0 Å². The van der Waals surface area contributed by atoms with Gasteiger partial charge < -0.3 is 4.74 Å². The summed E-state index contributed by atoms with van der Waals surface area (Å²) in [5, 5.41) is 4.54. The van der Waals surface area contributed by atoms with E-state index in [0.29, 0.717) is 16.3 Å². The molecule has 3 aromatic rings. The third-order valence-electron chi connectivity index (χ3n) is 2.88. The lowest BCUT2D eigenvalue weighted by molar-refractivity contribution is 0.0735. The third kappa shape index (κ3) is 2.95. The second-order valence-electron chi connectivity index (χ2n) is 4.33. The zero-order chi connectivity index (χ0) is 14.7. The second-order valence-corrected chi connectivity index (χ2v) is 4.74. The molecule has 0 fully saturated rings. The first-order chi connectivity index (χ1) is 10.2. The number of rotatable bonds is 3. The van der Waals surface area contributed by atoms with Gasteiger partial charge in [-0.05, 0) is 24.3 Å².